The number of carboxylic acid groups (broad SMARTS) is 1. The van der Waals surface area contributed by atoms with Crippen LogP contribution in [0.25, 0.3) is 10.9 Å². The third-order valence-corrected chi connectivity index (χ3v) is 4.76. The van der Waals surface area contributed by atoms with Crippen LogP contribution in [-0.4, -0.2) is 36.4 Å². The lowest BCUT2D eigenvalue weighted by molar-refractivity contribution is -0.155. The van der Waals surface area contributed by atoms with Crippen LogP contribution >= 0.6 is 23.2 Å². The van der Waals surface area contributed by atoms with Gasteiger partial charge in [0.15, 0.2) is 0 Å². The Morgan fingerprint density at radius 1 is 1.50 bits per heavy atom. The summed E-state index contributed by atoms with van der Waals surface area (Å²) >= 11 is 12.4. The fourth-order valence-electron chi connectivity index (χ4n) is 3.13. The maximum Gasteiger partial charge on any atom is 0.306 e. The van der Waals surface area contributed by atoms with Gasteiger partial charge in [0.1, 0.15) is 5.60 Å². The third-order valence-electron chi connectivity index (χ3n) is 3.96. The van der Waals surface area contributed by atoms with Crippen LogP contribution in [0.4, 0.5) is 0 Å². The number of methoxy groups -OCH3 is 1. The van der Waals surface area contributed by atoms with Crippen LogP contribution in [0.3, 0.4) is 0 Å². The molecule has 1 aliphatic rings. The molecule has 1 aromatic heterocycles. The van der Waals surface area contributed by atoms with E-state index in [-0.39, 0.29) is 13.0 Å². The monoisotopic (exact) mass is 343 g/mol. The number of aromatic nitrogens is 1. The lowest BCUT2D eigenvalue weighted by Gasteiger charge is -2.35. The van der Waals surface area contributed by atoms with Gasteiger partial charge in [-0.3, -0.25) is 4.79 Å². The summed E-state index contributed by atoms with van der Waals surface area (Å²) in [5.41, 5.74) is 1.44. The lowest BCUT2D eigenvalue weighted by Crippen LogP contribution is -2.41. The first-order chi connectivity index (χ1) is 10.5. The highest BCUT2D eigenvalue weighted by molar-refractivity contribution is 6.45. The van der Waals surface area contributed by atoms with E-state index in [9.17, 15) is 9.90 Å². The van der Waals surface area contributed by atoms with E-state index in [2.05, 4.69) is 4.98 Å². The molecule has 0 amide bonds. The quantitative estimate of drug-likeness (QED) is 0.892. The van der Waals surface area contributed by atoms with E-state index in [1.54, 1.807) is 6.07 Å². The van der Waals surface area contributed by atoms with Crippen molar-refractivity contribution in [3.63, 3.8) is 0 Å². The Morgan fingerprint density at radius 3 is 2.95 bits per heavy atom. The number of aliphatic carboxylic acids is 1. The summed E-state index contributed by atoms with van der Waals surface area (Å²) in [6.07, 6.45) is 0.451. The summed E-state index contributed by atoms with van der Waals surface area (Å²) in [7, 11) is 1.52. The number of carbonyl (C=O) groups is 1. The van der Waals surface area contributed by atoms with E-state index < -0.39 is 11.6 Å². The predicted molar refractivity (Wildman–Crippen MR) is 83.8 cm³/mol. The van der Waals surface area contributed by atoms with Crippen molar-refractivity contribution in [3.8, 4) is 0 Å². The first kappa shape index (κ1) is 15.6. The van der Waals surface area contributed by atoms with E-state index in [1.165, 1.54) is 7.11 Å². The van der Waals surface area contributed by atoms with Crippen molar-refractivity contribution in [3.05, 3.63) is 33.4 Å². The number of hydrogen-bond donors (Lipinski definition) is 2. The van der Waals surface area contributed by atoms with Crippen molar-refractivity contribution in [1.82, 2.24) is 4.98 Å². The van der Waals surface area contributed by atoms with E-state index >= 15 is 0 Å². The number of nitrogens with one attached hydrogen (secondary N) is 1. The maximum atomic E-state index is 11.3. The van der Waals surface area contributed by atoms with Gasteiger partial charge in [-0.2, -0.15) is 0 Å². The molecule has 7 heteroatoms. The standard InChI is InChI=1S/C15H15Cl2NO4/c1-21-7-15(6-11(19)20)14-8(4-5-22-15)12-10(18-14)3-2-9(16)13(12)17/h2-3,18H,4-7H2,1H3,(H,19,20). The van der Waals surface area contributed by atoms with E-state index in [0.29, 0.717) is 28.8 Å². The maximum absolute atomic E-state index is 11.3. The van der Waals surface area contributed by atoms with Gasteiger partial charge in [0, 0.05) is 18.0 Å². The molecule has 1 atom stereocenters. The normalized spacial score (nSPS) is 21.0. The number of hydrogen-bond acceptors (Lipinski definition) is 3. The summed E-state index contributed by atoms with van der Waals surface area (Å²) in [6.45, 7) is 0.546. The van der Waals surface area contributed by atoms with E-state index in [0.717, 1.165) is 16.5 Å². The average molecular weight is 344 g/mol. The van der Waals surface area contributed by atoms with Gasteiger partial charge < -0.3 is 19.6 Å². The van der Waals surface area contributed by atoms with Gasteiger partial charge in [-0.25, -0.2) is 0 Å². The second kappa shape index (κ2) is 5.74. The Hall–Kier alpha value is -1.27. The second-order valence-corrected chi connectivity index (χ2v) is 6.14. The van der Waals surface area contributed by atoms with Crippen molar-refractivity contribution in [2.75, 3.05) is 20.3 Å². The number of H-pyrrole nitrogens is 1. The van der Waals surface area contributed by atoms with Gasteiger partial charge in [0.05, 0.1) is 35.4 Å². The minimum absolute atomic E-state index is 0.143. The first-order valence-corrected chi connectivity index (χ1v) is 7.58. The van der Waals surface area contributed by atoms with Gasteiger partial charge in [0.2, 0.25) is 0 Å². The predicted octanol–water partition coefficient (Wildman–Crippen LogP) is 3.36. The summed E-state index contributed by atoms with van der Waals surface area (Å²) in [5, 5.41) is 11.0. The molecule has 0 saturated carbocycles. The summed E-state index contributed by atoms with van der Waals surface area (Å²) in [5.74, 6) is -0.951. The second-order valence-electron chi connectivity index (χ2n) is 5.36. The molecule has 0 saturated heterocycles. The van der Waals surface area contributed by atoms with Crippen LogP contribution in [0.5, 0.6) is 0 Å². The zero-order valence-corrected chi connectivity index (χ0v) is 13.4. The highest BCUT2D eigenvalue weighted by Gasteiger charge is 2.42. The Labute approximate surface area is 137 Å². The van der Waals surface area contributed by atoms with Gasteiger partial charge >= 0.3 is 5.97 Å². The molecular weight excluding hydrogens is 329 g/mol. The molecule has 1 aromatic carbocycles. The zero-order chi connectivity index (χ0) is 15.9. The fourth-order valence-corrected chi connectivity index (χ4v) is 3.56. The van der Waals surface area contributed by atoms with Crippen molar-refractivity contribution < 1.29 is 19.4 Å². The third kappa shape index (κ3) is 2.38. The Morgan fingerprint density at radius 2 is 2.27 bits per heavy atom. The van der Waals surface area contributed by atoms with Crippen LogP contribution in [-0.2, 0) is 26.3 Å². The Kier molecular flexibility index (Phi) is 4.07. The number of carboxylic acids is 1. The number of halogens is 2. The molecule has 0 radical (unpaired) electrons. The van der Waals surface area contributed by atoms with Gasteiger partial charge in [-0.15, -0.1) is 0 Å². The molecule has 0 bridgehead atoms. The molecule has 0 spiro atoms. The largest absolute Gasteiger partial charge is 0.481 e. The molecule has 2 N–H and O–H groups in total. The fraction of sp³-hybridized carbons (Fsp3) is 0.400. The minimum atomic E-state index is -1.04. The molecule has 3 rings (SSSR count). The molecular formula is C15H15Cl2NO4. The number of rotatable bonds is 4. The molecule has 0 fully saturated rings. The molecule has 1 aliphatic heterocycles. The van der Waals surface area contributed by atoms with Gasteiger partial charge in [-0.05, 0) is 24.1 Å². The Balaban J connectivity index is 2.25. The molecule has 0 aliphatic carbocycles. The molecule has 1 unspecified atom stereocenters. The zero-order valence-electron chi connectivity index (χ0n) is 11.9. The number of benzene rings is 1. The smallest absolute Gasteiger partial charge is 0.306 e. The molecule has 2 aromatic rings. The number of fused-ring (bicyclic) bond motifs is 3. The van der Waals surface area contributed by atoms with Gasteiger partial charge in [-0.1, -0.05) is 23.2 Å². The summed E-state index contributed by atoms with van der Waals surface area (Å²) < 4.78 is 11.1. The number of ether oxygens (including phenoxy) is 2. The van der Waals surface area contributed by atoms with Crippen LogP contribution in [0, 0.1) is 0 Å². The Bertz CT molecular complexity index is 743. The molecule has 22 heavy (non-hydrogen) atoms. The molecule has 5 nitrogen and oxygen atoms in total. The number of aromatic amines is 1. The van der Waals surface area contributed by atoms with E-state index in [1.807, 2.05) is 6.07 Å². The van der Waals surface area contributed by atoms with Crippen molar-refractivity contribution in [1.29, 1.82) is 0 Å². The lowest BCUT2D eigenvalue weighted by atomic mass is 9.89. The minimum Gasteiger partial charge on any atom is -0.481 e. The van der Waals surface area contributed by atoms with Crippen LogP contribution in [0.1, 0.15) is 17.7 Å². The van der Waals surface area contributed by atoms with Crippen molar-refractivity contribution in [2.24, 2.45) is 0 Å². The van der Waals surface area contributed by atoms with E-state index in [4.69, 9.17) is 32.7 Å². The van der Waals surface area contributed by atoms with Crippen molar-refractivity contribution >= 4 is 40.1 Å². The summed E-state index contributed by atoms with van der Waals surface area (Å²) in [6, 6.07) is 3.55. The highest BCUT2D eigenvalue weighted by Crippen LogP contribution is 2.43. The van der Waals surface area contributed by atoms with Gasteiger partial charge in [0.25, 0.3) is 0 Å². The first-order valence-electron chi connectivity index (χ1n) is 6.82. The molecule has 2 heterocycles. The van der Waals surface area contributed by atoms with Crippen molar-refractivity contribution in [2.45, 2.75) is 18.4 Å². The topological polar surface area (TPSA) is 71.6 Å². The summed E-state index contributed by atoms with van der Waals surface area (Å²) in [4.78, 5) is 14.6. The van der Waals surface area contributed by atoms with Crippen LogP contribution < -0.4 is 0 Å². The van der Waals surface area contributed by atoms with Crippen LogP contribution in [0.2, 0.25) is 10.0 Å². The molecule has 118 valence electrons. The average Bonchev–Trinajstić information content (AvgIpc) is 2.83. The van der Waals surface area contributed by atoms with Crippen LogP contribution in [0.15, 0.2) is 12.1 Å². The highest BCUT2D eigenvalue weighted by atomic mass is 35.5. The SMILES string of the molecule is COCC1(CC(=O)O)OCCc2c1[nH]c1ccc(Cl)c(Cl)c21.